The summed E-state index contributed by atoms with van der Waals surface area (Å²) in [6.45, 7) is 8.92. The fourth-order valence-electron chi connectivity index (χ4n) is 4.08. The molecular weight excluding hydrogens is 424 g/mol. The van der Waals surface area contributed by atoms with Crippen molar-refractivity contribution in [2.45, 2.75) is 64.4 Å². The van der Waals surface area contributed by atoms with Gasteiger partial charge in [-0.05, 0) is 61.4 Å². The number of nitrogens with one attached hydrogen (secondary N) is 1. The van der Waals surface area contributed by atoms with Gasteiger partial charge in [0.25, 0.3) is 5.91 Å². The zero-order valence-corrected chi connectivity index (χ0v) is 20.0. The number of Topliss-reactive ketones (excluding diaryl/α,β-unsaturated/α-hetero) is 1. The molecule has 3 rings (SSSR count). The molecule has 1 aliphatic rings. The Balaban J connectivity index is 1.63. The number of likely N-dealkylation sites (tertiary alicyclic amines) is 1. The van der Waals surface area contributed by atoms with Gasteiger partial charge in [0.1, 0.15) is 0 Å². The van der Waals surface area contributed by atoms with Crippen molar-refractivity contribution in [3.8, 4) is 0 Å². The fraction of sp³-hybridized carbons (Fsp3) is 0.440. The minimum Gasteiger partial charge on any atom is -0.336 e. The average Bonchev–Trinajstić information content (AvgIpc) is 3.18. The van der Waals surface area contributed by atoms with E-state index in [4.69, 9.17) is 0 Å². The number of benzene rings is 2. The first kappa shape index (κ1) is 24.1. The first-order chi connectivity index (χ1) is 15.0. The Morgan fingerprint density at radius 3 is 2.16 bits per heavy atom. The van der Waals surface area contributed by atoms with Crippen LogP contribution in [-0.2, 0) is 16.6 Å². The Hall–Kier alpha value is -2.51. The van der Waals surface area contributed by atoms with Crippen LogP contribution in [0.15, 0.2) is 53.4 Å². The highest BCUT2D eigenvalue weighted by Crippen LogP contribution is 2.30. The summed E-state index contributed by atoms with van der Waals surface area (Å²) in [6.07, 6.45) is 3.04. The molecule has 1 atom stereocenters. The Bertz CT molecular complexity index is 1070. The van der Waals surface area contributed by atoms with Crippen LogP contribution in [0.5, 0.6) is 0 Å². The van der Waals surface area contributed by atoms with Crippen LogP contribution in [0.25, 0.3) is 0 Å². The Labute approximate surface area is 191 Å². The van der Waals surface area contributed by atoms with Crippen molar-refractivity contribution in [2.75, 3.05) is 6.54 Å². The largest absolute Gasteiger partial charge is 0.336 e. The molecule has 6 nitrogen and oxygen atoms in total. The average molecular weight is 457 g/mol. The Morgan fingerprint density at radius 2 is 1.59 bits per heavy atom. The zero-order chi connectivity index (χ0) is 23.5. The minimum atomic E-state index is -3.70. The van der Waals surface area contributed by atoms with Gasteiger partial charge < -0.3 is 4.90 Å². The Morgan fingerprint density at radius 1 is 1.00 bits per heavy atom. The number of hydrogen-bond donors (Lipinski definition) is 1. The monoisotopic (exact) mass is 456 g/mol. The fourth-order valence-corrected chi connectivity index (χ4v) is 5.10. The SMILES string of the molecule is CC(=O)c1ccc(S(=O)(=O)NCc2ccc(C(=O)N3CCCC3CC(C)(C)C)cc2)cc1. The molecule has 0 saturated carbocycles. The van der Waals surface area contributed by atoms with Crippen molar-refractivity contribution < 1.29 is 18.0 Å². The van der Waals surface area contributed by atoms with Gasteiger partial charge in [0.05, 0.1) is 4.90 Å². The molecule has 1 heterocycles. The van der Waals surface area contributed by atoms with Crippen LogP contribution < -0.4 is 4.72 Å². The maximum atomic E-state index is 13.0. The summed E-state index contributed by atoms with van der Waals surface area (Å²) >= 11 is 0. The highest BCUT2D eigenvalue weighted by atomic mass is 32.2. The molecule has 0 bridgehead atoms. The summed E-state index contributed by atoms with van der Waals surface area (Å²) < 4.78 is 27.6. The summed E-state index contributed by atoms with van der Waals surface area (Å²) in [5.41, 5.74) is 2.02. The molecule has 1 unspecified atom stereocenters. The van der Waals surface area contributed by atoms with Gasteiger partial charge in [-0.3, -0.25) is 9.59 Å². The summed E-state index contributed by atoms with van der Waals surface area (Å²) in [5.74, 6) is -0.0790. The van der Waals surface area contributed by atoms with E-state index in [1.165, 1.54) is 31.2 Å². The van der Waals surface area contributed by atoms with Crippen LogP contribution in [0.1, 0.15) is 73.2 Å². The van der Waals surface area contributed by atoms with Crippen LogP contribution in [0.2, 0.25) is 0 Å². The molecule has 1 amide bonds. The van der Waals surface area contributed by atoms with Crippen LogP contribution in [0, 0.1) is 5.41 Å². The minimum absolute atomic E-state index is 0.0365. The number of nitrogens with zero attached hydrogens (tertiary/aromatic N) is 1. The van der Waals surface area contributed by atoms with E-state index < -0.39 is 10.0 Å². The van der Waals surface area contributed by atoms with Gasteiger partial charge in [-0.2, -0.15) is 0 Å². The van der Waals surface area contributed by atoms with E-state index >= 15 is 0 Å². The van der Waals surface area contributed by atoms with Crippen LogP contribution in [0.3, 0.4) is 0 Å². The normalized spacial score (nSPS) is 16.9. The highest BCUT2D eigenvalue weighted by Gasteiger charge is 2.32. The lowest BCUT2D eigenvalue weighted by molar-refractivity contribution is 0.0704. The molecule has 7 heteroatoms. The molecule has 1 fully saturated rings. The standard InChI is InChI=1S/C25H32N2O4S/c1-18(28)20-11-13-23(14-12-20)32(30,31)26-17-19-7-9-21(10-8-19)24(29)27-15-5-6-22(27)16-25(2,3)4/h7-14,22,26H,5-6,15-17H2,1-4H3. The van der Waals surface area contributed by atoms with Crippen LogP contribution in [0.4, 0.5) is 0 Å². The molecule has 1 N–H and O–H groups in total. The molecule has 0 aliphatic carbocycles. The van der Waals surface area contributed by atoms with Crippen molar-refractivity contribution in [2.24, 2.45) is 5.41 Å². The van der Waals surface area contributed by atoms with E-state index in [2.05, 4.69) is 25.5 Å². The van der Waals surface area contributed by atoms with E-state index in [9.17, 15) is 18.0 Å². The number of hydrogen-bond acceptors (Lipinski definition) is 4. The topological polar surface area (TPSA) is 83.5 Å². The van der Waals surface area contributed by atoms with E-state index in [0.717, 1.165) is 31.4 Å². The van der Waals surface area contributed by atoms with Crippen molar-refractivity contribution in [1.82, 2.24) is 9.62 Å². The van der Waals surface area contributed by atoms with Gasteiger partial charge in [-0.25, -0.2) is 13.1 Å². The van der Waals surface area contributed by atoms with E-state index in [-0.39, 0.29) is 34.6 Å². The second-order valence-corrected chi connectivity index (χ2v) is 11.4. The third-order valence-electron chi connectivity index (χ3n) is 5.72. The van der Waals surface area contributed by atoms with Gasteiger partial charge in [0, 0.05) is 30.3 Å². The number of ketones is 1. The third kappa shape index (κ3) is 6.04. The maximum Gasteiger partial charge on any atom is 0.254 e. The number of amides is 1. The third-order valence-corrected chi connectivity index (χ3v) is 7.14. The van der Waals surface area contributed by atoms with Crippen molar-refractivity contribution >= 4 is 21.7 Å². The number of carbonyl (C=O) groups is 2. The number of rotatable bonds is 7. The molecule has 2 aromatic rings. The molecule has 0 spiro atoms. The highest BCUT2D eigenvalue weighted by molar-refractivity contribution is 7.89. The molecule has 0 aromatic heterocycles. The van der Waals surface area contributed by atoms with Crippen molar-refractivity contribution in [3.63, 3.8) is 0 Å². The smallest absolute Gasteiger partial charge is 0.254 e. The van der Waals surface area contributed by atoms with Crippen molar-refractivity contribution in [3.05, 3.63) is 65.2 Å². The first-order valence-corrected chi connectivity index (χ1v) is 12.5. The van der Waals surface area contributed by atoms with E-state index in [0.29, 0.717) is 11.1 Å². The molecule has 32 heavy (non-hydrogen) atoms. The lowest BCUT2D eigenvalue weighted by Crippen LogP contribution is -2.37. The second-order valence-electron chi connectivity index (χ2n) is 9.66. The molecule has 1 saturated heterocycles. The first-order valence-electron chi connectivity index (χ1n) is 11.0. The van der Waals surface area contributed by atoms with Gasteiger partial charge >= 0.3 is 0 Å². The van der Waals surface area contributed by atoms with Gasteiger partial charge in [-0.1, -0.05) is 45.0 Å². The zero-order valence-electron chi connectivity index (χ0n) is 19.2. The quantitative estimate of drug-likeness (QED) is 0.626. The summed E-state index contributed by atoms with van der Waals surface area (Å²) in [6, 6.07) is 13.2. The van der Waals surface area contributed by atoms with Crippen LogP contribution in [-0.4, -0.2) is 37.6 Å². The molecule has 2 aromatic carbocycles. The van der Waals surface area contributed by atoms with Crippen LogP contribution >= 0.6 is 0 Å². The lowest BCUT2D eigenvalue weighted by Gasteiger charge is -2.30. The lowest BCUT2D eigenvalue weighted by atomic mass is 9.87. The summed E-state index contributed by atoms with van der Waals surface area (Å²) in [4.78, 5) is 26.5. The van der Waals surface area contributed by atoms with E-state index in [1.807, 2.05) is 4.90 Å². The predicted molar refractivity (Wildman–Crippen MR) is 125 cm³/mol. The number of carbonyl (C=O) groups excluding carboxylic acids is 2. The number of sulfonamides is 1. The molecule has 0 radical (unpaired) electrons. The van der Waals surface area contributed by atoms with Gasteiger partial charge in [0.15, 0.2) is 5.78 Å². The second kappa shape index (κ2) is 9.55. The molecule has 1 aliphatic heterocycles. The summed E-state index contributed by atoms with van der Waals surface area (Å²) in [5, 5.41) is 0. The Kier molecular flexibility index (Phi) is 7.20. The van der Waals surface area contributed by atoms with Crippen molar-refractivity contribution in [1.29, 1.82) is 0 Å². The summed E-state index contributed by atoms with van der Waals surface area (Å²) in [7, 11) is -3.70. The van der Waals surface area contributed by atoms with Gasteiger partial charge in [0.2, 0.25) is 10.0 Å². The maximum absolute atomic E-state index is 13.0. The predicted octanol–water partition coefficient (Wildman–Crippen LogP) is 4.41. The van der Waals surface area contributed by atoms with E-state index in [1.54, 1.807) is 24.3 Å². The molecular formula is C25H32N2O4S. The molecule has 172 valence electrons. The van der Waals surface area contributed by atoms with Gasteiger partial charge in [-0.15, -0.1) is 0 Å².